The third-order valence-corrected chi connectivity index (χ3v) is 4.33. The Bertz CT molecular complexity index is 211. The molecular weight excluding hydrogens is 208 g/mol. The molecule has 0 aliphatic carbocycles. The molecule has 1 amide bonds. The number of carbonyl (C=O) groups excluding carboxylic acids is 1. The van der Waals surface area contributed by atoms with E-state index in [1.165, 1.54) is 18.6 Å². The normalized spacial score (nSPS) is 31.5. The molecule has 15 heavy (non-hydrogen) atoms. The van der Waals surface area contributed by atoms with Crippen molar-refractivity contribution in [1.82, 2.24) is 10.6 Å². The van der Waals surface area contributed by atoms with E-state index in [-0.39, 0.29) is 5.91 Å². The molecule has 2 saturated heterocycles. The van der Waals surface area contributed by atoms with Crippen LogP contribution in [0.15, 0.2) is 0 Å². The molecular formula is C11H20N2OS. The van der Waals surface area contributed by atoms with Crippen LogP contribution >= 0.6 is 11.8 Å². The minimum absolute atomic E-state index is 0.260. The highest BCUT2D eigenvalue weighted by Gasteiger charge is 2.21. The van der Waals surface area contributed by atoms with Crippen molar-refractivity contribution in [3.63, 3.8) is 0 Å². The number of amides is 1. The fourth-order valence-electron chi connectivity index (χ4n) is 2.30. The SMILES string of the molecule is O=C(CC1CCCNC1)NC1CCSC1. The Balaban J connectivity index is 1.66. The smallest absolute Gasteiger partial charge is 0.220 e. The number of thioether (sulfide) groups is 1. The zero-order valence-corrected chi connectivity index (χ0v) is 9.94. The fourth-order valence-corrected chi connectivity index (χ4v) is 3.45. The maximum Gasteiger partial charge on any atom is 0.220 e. The predicted octanol–water partition coefficient (Wildman–Crippen LogP) is 0.998. The van der Waals surface area contributed by atoms with E-state index >= 15 is 0 Å². The summed E-state index contributed by atoms with van der Waals surface area (Å²) >= 11 is 1.94. The van der Waals surface area contributed by atoms with Gasteiger partial charge in [0.15, 0.2) is 0 Å². The summed E-state index contributed by atoms with van der Waals surface area (Å²) in [5, 5.41) is 6.49. The van der Waals surface area contributed by atoms with Gasteiger partial charge in [-0.15, -0.1) is 0 Å². The van der Waals surface area contributed by atoms with Crippen LogP contribution in [-0.4, -0.2) is 36.5 Å². The summed E-state index contributed by atoms with van der Waals surface area (Å²) in [4.78, 5) is 11.7. The molecule has 0 aromatic rings. The number of piperidine rings is 1. The van der Waals surface area contributed by atoms with Gasteiger partial charge in [-0.05, 0) is 44.0 Å². The van der Waals surface area contributed by atoms with Crippen molar-refractivity contribution in [3.05, 3.63) is 0 Å². The van der Waals surface area contributed by atoms with Crippen LogP contribution in [0.25, 0.3) is 0 Å². The molecule has 2 fully saturated rings. The quantitative estimate of drug-likeness (QED) is 0.757. The molecule has 2 atom stereocenters. The second-order valence-electron chi connectivity index (χ2n) is 4.54. The highest BCUT2D eigenvalue weighted by atomic mass is 32.2. The molecule has 2 unspecified atom stereocenters. The Morgan fingerprint density at radius 3 is 3.07 bits per heavy atom. The standard InChI is InChI=1S/C11H20N2OS/c14-11(13-10-3-5-15-8-10)6-9-2-1-4-12-7-9/h9-10,12H,1-8H2,(H,13,14). The van der Waals surface area contributed by atoms with Gasteiger partial charge in [0.2, 0.25) is 5.91 Å². The Kier molecular flexibility index (Phi) is 4.32. The van der Waals surface area contributed by atoms with Crippen molar-refractivity contribution in [1.29, 1.82) is 0 Å². The summed E-state index contributed by atoms with van der Waals surface area (Å²) in [7, 11) is 0. The summed E-state index contributed by atoms with van der Waals surface area (Å²) in [6.45, 7) is 2.14. The van der Waals surface area contributed by atoms with Gasteiger partial charge in [-0.1, -0.05) is 0 Å². The minimum Gasteiger partial charge on any atom is -0.353 e. The first-order valence-electron chi connectivity index (χ1n) is 5.92. The van der Waals surface area contributed by atoms with Crippen LogP contribution in [-0.2, 0) is 4.79 Å². The Morgan fingerprint density at radius 1 is 1.47 bits per heavy atom. The maximum absolute atomic E-state index is 11.7. The van der Waals surface area contributed by atoms with Crippen LogP contribution in [0.5, 0.6) is 0 Å². The highest BCUT2D eigenvalue weighted by Crippen LogP contribution is 2.18. The van der Waals surface area contributed by atoms with E-state index in [4.69, 9.17) is 0 Å². The molecule has 2 N–H and O–H groups in total. The van der Waals surface area contributed by atoms with Gasteiger partial charge in [-0.25, -0.2) is 0 Å². The zero-order valence-electron chi connectivity index (χ0n) is 9.13. The summed E-state index contributed by atoms with van der Waals surface area (Å²) in [6.07, 6.45) is 4.30. The van der Waals surface area contributed by atoms with Crippen LogP contribution in [0.3, 0.4) is 0 Å². The van der Waals surface area contributed by atoms with Crippen LogP contribution in [0.1, 0.15) is 25.7 Å². The monoisotopic (exact) mass is 228 g/mol. The van der Waals surface area contributed by atoms with E-state index < -0.39 is 0 Å². The highest BCUT2D eigenvalue weighted by molar-refractivity contribution is 7.99. The number of rotatable bonds is 3. The average Bonchev–Trinajstić information content (AvgIpc) is 2.71. The van der Waals surface area contributed by atoms with Gasteiger partial charge in [-0.3, -0.25) is 4.79 Å². The minimum atomic E-state index is 0.260. The Morgan fingerprint density at radius 2 is 2.40 bits per heavy atom. The average molecular weight is 228 g/mol. The Hall–Kier alpha value is -0.220. The van der Waals surface area contributed by atoms with E-state index in [0.717, 1.165) is 25.3 Å². The third-order valence-electron chi connectivity index (χ3n) is 3.17. The van der Waals surface area contributed by atoms with Crippen LogP contribution in [0, 0.1) is 5.92 Å². The predicted molar refractivity (Wildman–Crippen MR) is 64.1 cm³/mol. The Labute approximate surface area is 95.8 Å². The molecule has 0 saturated carbocycles. The third kappa shape index (κ3) is 3.68. The van der Waals surface area contributed by atoms with E-state index in [0.29, 0.717) is 18.4 Å². The molecule has 2 heterocycles. The first-order chi connectivity index (χ1) is 7.34. The largest absolute Gasteiger partial charge is 0.353 e. The lowest BCUT2D eigenvalue weighted by Crippen LogP contribution is -2.38. The molecule has 2 rings (SSSR count). The van der Waals surface area contributed by atoms with Gasteiger partial charge in [-0.2, -0.15) is 11.8 Å². The van der Waals surface area contributed by atoms with Crippen molar-refractivity contribution in [2.24, 2.45) is 5.92 Å². The molecule has 0 aromatic heterocycles. The molecule has 0 radical (unpaired) electrons. The lowest BCUT2D eigenvalue weighted by Gasteiger charge is -2.22. The summed E-state index contributed by atoms with van der Waals surface area (Å²) in [5.41, 5.74) is 0. The molecule has 3 nitrogen and oxygen atoms in total. The number of nitrogens with one attached hydrogen (secondary N) is 2. The van der Waals surface area contributed by atoms with Crippen LogP contribution < -0.4 is 10.6 Å². The lowest BCUT2D eigenvalue weighted by molar-refractivity contribution is -0.122. The van der Waals surface area contributed by atoms with E-state index in [1.54, 1.807) is 0 Å². The van der Waals surface area contributed by atoms with Crippen molar-refractivity contribution >= 4 is 17.7 Å². The van der Waals surface area contributed by atoms with Gasteiger partial charge in [0, 0.05) is 18.2 Å². The maximum atomic E-state index is 11.7. The molecule has 86 valence electrons. The van der Waals surface area contributed by atoms with Gasteiger partial charge >= 0.3 is 0 Å². The van der Waals surface area contributed by atoms with Crippen molar-refractivity contribution in [2.75, 3.05) is 24.6 Å². The first kappa shape index (κ1) is 11.3. The summed E-state index contributed by atoms with van der Waals surface area (Å²) < 4.78 is 0. The molecule has 0 spiro atoms. The second kappa shape index (κ2) is 5.75. The van der Waals surface area contributed by atoms with Crippen molar-refractivity contribution in [3.8, 4) is 0 Å². The zero-order chi connectivity index (χ0) is 10.5. The van der Waals surface area contributed by atoms with Crippen LogP contribution in [0.4, 0.5) is 0 Å². The van der Waals surface area contributed by atoms with Gasteiger partial charge in [0.05, 0.1) is 0 Å². The molecule has 0 bridgehead atoms. The van der Waals surface area contributed by atoms with E-state index in [9.17, 15) is 4.79 Å². The first-order valence-corrected chi connectivity index (χ1v) is 7.08. The summed E-state index contributed by atoms with van der Waals surface area (Å²) in [5.74, 6) is 3.13. The molecule has 2 aliphatic rings. The van der Waals surface area contributed by atoms with Gasteiger partial charge in [0.25, 0.3) is 0 Å². The lowest BCUT2D eigenvalue weighted by atomic mass is 9.96. The number of hydrogen-bond donors (Lipinski definition) is 2. The van der Waals surface area contributed by atoms with Gasteiger partial charge in [0.1, 0.15) is 0 Å². The van der Waals surface area contributed by atoms with E-state index in [1.807, 2.05) is 11.8 Å². The second-order valence-corrected chi connectivity index (χ2v) is 5.69. The van der Waals surface area contributed by atoms with Crippen LogP contribution in [0.2, 0.25) is 0 Å². The topological polar surface area (TPSA) is 41.1 Å². The van der Waals surface area contributed by atoms with Gasteiger partial charge < -0.3 is 10.6 Å². The molecule has 2 aliphatic heterocycles. The number of hydrogen-bond acceptors (Lipinski definition) is 3. The molecule has 4 heteroatoms. The van der Waals surface area contributed by atoms with Crippen molar-refractivity contribution in [2.45, 2.75) is 31.7 Å². The van der Waals surface area contributed by atoms with Crippen molar-refractivity contribution < 1.29 is 4.79 Å². The van der Waals surface area contributed by atoms with E-state index in [2.05, 4.69) is 10.6 Å². The number of carbonyl (C=O) groups is 1. The summed E-state index contributed by atoms with van der Waals surface area (Å²) in [6, 6.07) is 0.444. The fraction of sp³-hybridized carbons (Fsp3) is 0.909. The molecule has 0 aromatic carbocycles.